The normalized spacial score (nSPS) is 23.4. The van der Waals surface area contributed by atoms with Crippen molar-refractivity contribution in [3.05, 3.63) is 50.8 Å². The second-order valence-electron chi connectivity index (χ2n) is 8.67. The highest BCUT2D eigenvalue weighted by Gasteiger charge is 2.38. The first kappa shape index (κ1) is 23.2. The molecule has 180 valence electrons. The molecule has 0 bridgehead atoms. The first-order valence-electron chi connectivity index (χ1n) is 11.3. The number of carbonyl (C=O) groups is 1. The fraction of sp³-hybridized carbons (Fsp3) is 0.435. The number of halogens is 2. The molecule has 34 heavy (non-hydrogen) atoms. The van der Waals surface area contributed by atoms with E-state index >= 15 is 0 Å². The minimum absolute atomic E-state index is 0.101. The Hall–Kier alpha value is -2.59. The molecular weight excluding hydrogens is 477 g/mol. The van der Waals surface area contributed by atoms with Crippen LogP contribution in [0.25, 0.3) is 0 Å². The van der Waals surface area contributed by atoms with E-state index in [4.69, 9.17) is 27.9 Å². The number of carbonyl (C=O) groups excluding carboxylic acids is 1. The first-order valence-corrected chi connectivity index (χ1v) is 12.1. The Labute approximate surface area is 208 Å². The van der Waals surface area contributed by atoms with Crippen LogP contribution < -0.4 is 10.9 Å². The quantitative estimate of drug-likeness (QED) is 0.580. The molecule has 11 heteroatoms. The zero-order chi connectivity index (χ0) is 23.8. The molecule has 1 aromatic rings. The molecule has 9 nitrogen and oxygen atoms in total. The lowest BCUT2D eigenvalue weighted by atomic mass is 10.1. The van der Waals surface area contributed by atoms with E-state index in [0.29, 0.717) is 21.3 Å². The smallest absolute Gasteiger partial charge is 0.276 e. The maximum Gasteiger partial charge on any atom is 0.276 e. The highest BCUT2D eigenvalue weighted by molar-refractivity contribution is 6.57. The van der Waals surface area contributed by atoms with Crippen LogP contribution in [0, 0.1) is 0 Å². The maximum absolute atomic E-state index is 12.6. The van der Waals surface area contributed by atoms with Gasteiger partial charge in [-0.2, -0.15) is 5.10 Å². The molecule has 1 unspecified atom stereocenters. The van der Waals surface area contributed by atoms with Gasteiger partial charge in [-0.05, 0) is 38.0 Å². The number of ether oxygens (including phenoxy) is 1. The van der Waals surface area contributed by atoms with Gasteiger partial charge in [0.2, 0.25) is 0 Å². The number of hydrazine groups is 1. The lowest BCUT2D eigenvalue weighted by Gasteiger charge is -2.37. The lowest BCUT2D eigenvalue weighted by molar-refractivity contribution is -0.110. The van der Waals surface area contributed by atoms with Gasteiger partial charge in [-0.25, -0.2) is 15.5 Å². The number of anilines is 1. The largest absolute Gasteiger partial charge is 0.379 e. The van der Waals surface area contributed by atoms with Crippen LogP contribution in [0.1, 0.15) is 25.8 Å². The lowest BCUT2D eigenvalue weighted by Crippen LogP contribution is -2.52. The van der Waals surface area contributed by atoms with Crippen LogP contribution in [0.3, 0.4) is 0 Å². The number of rotatable bonds is 6. The summed E-state index contributed by atoms with van der Waals surface area (Å²) in [6.45, 7) is 9.74. The average Bonchev–Trinajstić information content (AvgIpc) is 3.27. The van der Waals surface area contributed by atoms with Crippen molar-refractivity contribution in [1.29, 1.82) is 0 Å². The van der Waals surface area contributed by atoms with Crippen LogP contribution in [-0.2, 0) is 9.53 Å². The fourth-order valence-corrected chi connectivity index (χ4v) is 5.35. The Kier molecular flexibility index (Phi) is 6.52. The van der Waals surface area contributed by atoms with E-state index in [1.54, 1.807) is 18.5 Å². The Morgan fingerprint density at radius 3 is 2.82 bits per heavy atom. The summed E-state index contributed by atoms with van der Waals surface area (Å²) in [4.78, 5) is 21.8. The van der Waals surface area contributed by atoms with E-state index in [1.165, 1.54) is 11.3 Å². The molecule has 0 spiro atoms. The third-order valence-electron chi connectivity index (χ3n) is 6.66. The molecular formula is C23H27Cl2N7O2. The molecule has 0 aliphatic carbocycles. The molecule has 1 atom stereocenters. The number of fused-ring (bicyclic) bond motifs is 2. The molecule has 1 aromatic carbocycles. The van der Waals surface area contributed by atoms with Gasteiger partial charge in [0.05, 0.1) is 29.5 Å². The van der Waals surface area contributed by atoms with Gasteiger partial charge in [-0.1, -0.05) is 23.2 Å². The van der Waals surface area contributed by atoms with Crippen molar-refractivity contribution in [2.75, 3.05) is 44.7 Å². The SMILES string of the molecule is CC1=C(C)N(CCCN2CCOCC2)C2C1=CN=CN2NN=C1C(=O)Nc2cc(Cl)cc(Cl)c21. The second kappa shape index (κ2) is 9.58. The number of allylic oxidation sites excluding steroid dienone is 1. The molecule has 0 aromatic heterocycles. The van der Waals surface area contributed by atoms with E-state index < -0.39 is 0 Å². The van der Waals surface area contributed by atoms with Crippen LogP contribution >= 0.6 is 23.2 Å². The number of hydrogen-bond donors (Lipinski definition) is 2. The van der Waals surface area contributed by atoms with E-state index in [-0.39, 0.29) is 17.8 Å². The summed E-state index contributed by atoms with van der Waals surface area (Å²) in [6, 6.07) is 3.26. The summed E-state index contributed by atoms with van der Waals surface area (Å²) in [5.41, 5.74) is 7.86. The number of aliphatic imine (C=N–C) groups is 1. The summed E-state index contributed by atoms with van der Waals surface area (Å²) in [5.74, 6) is -0.337. The molecule has 1 amide bonds. The second-order valence-corrected chi connectivity index (χ2v) is 9.51. The van der Waals surface area contributed by atoms with Crippen molar-refractivity contribution >= 4 is 46.8 Å². The summed E-state index contributed by atoms with van der Waals surface area (Å²) < 4.78 is 5.45. The van der Waals surface area contributed by atoms with Gasteiger partial charge in [-0.3, -0.25) is 9.69 Å². The molecule has 0 saturated carbocycles. The van der Waals surface area contributed by atoms with Gasteiger partial charge in [0.15, 0.2) is 11.9 Å². The van der Waals surface area contributed by atoms with Crippen LogP contribution in [0.5, 0.6) is 0 Å². The predicted molar refractivity (Wildman–Crippen MR) is 134 cm³/mol. The van der Waals surface area contributed by atoms with Crippen molar-refractivity contribution in [3.63, 3.8) is 0 Å². The summed E-state index contributed by atoms with van der Waals surface area (Å²) >= 11 is 12.4. The Bertz CT molecular complexity index is 1120. The number of morpholine rings is 1. The molecule has 1 saturated heterocycles. The zero-order valence-corrected chi connectivity index (χ0v) is 20.7. The number of amides is 1. The van der Waals surface area contributed by atoms with Gasteiger partial charge in [0.25, 0.3) is 5.91 Å². The molecule has 1 fully saturated rings. The van der Waals surface area contributed by atoms with Crippen molar-refractivity contribution in [2.45, 2.75) is 26.4 Å². The molecule has 4 aliphatic heterocycles. The fourth-order valence-electron chi connectivity index (χ4n) is 4.76. The minimum Gasteiger partial charge on any atom is -0.379 e. The number of hydrogen-bond acceptors (Lipinski definition) is 8. The van der Waals surface area contributed by atoms with Gasteiger partial charge < -0.3 is 15.0 Å². The monoisotopic (exact) mass is 503 g/mol. The van der Waals surface area contributed by atoms with E-state index in [2.05, 4.69) is 44.6 Å². The summed E-state index contributed by atoms with van der Waals surface area (Å²) in [6.07, 6.45) is 4.51. The highest BCUT2D eigenvalue weighted by atomic mass is 35.5. The van der Waals surface area contributed by atoms with E-state index in [1.807, 2.05) is 11.2 Å². The van der Waals surface area contributed by atoms with Crippen molar-refractivity contribution < 1.29 is 9.53 Å². The van der Waals surface area contributed by atoms with Crippen LogP contribution in [0.15, 0.2) is 45.3 Å². The summed E-state index contributed by atoms with van der Waals surface area (Å²) in [7, 11) is 0. The summed E-state index contributed by atoms with van der Waals surface area (Å²) in [5, 5.41) is 9.84. The van der Waals surface area contributed by atoms with Crippen LogP contribution in [0.4, 0.5) is 5.69 Å². The number of hydrazone groups is 1. The topological polar surface area (TPSA) is 84.8 Å². The van der Waals surface area contributed by atoms with Crippen molar-refractivity contribution in [2.24, 2.45) is 10.1 Å². The van der Waals surface area contributed by atoms with Crippen molar-refractivity contribution in [1.82, 2.24) is 20.3 Å². The third-order valence-corrected chi connectivity index (χ3v) is 7.17. The Balaban J connectivity index is 1.32. The van der Waals surface area contributed by atoms with E-state index in [0.717, 1.165) is 51.4 Å². The maximum atomic E-state index is 12.6. The highest BCUT2D eigenvalue weighted by Crippen LogP contribution is 2.36. The average molecular weight is 504 g/mol. The Morgan fingerprint density at radius 1 is 1.24 bits per heavy atom. The number of nitrogens with one attached hydrogen (secondary N) is 2. The van der Waals surface area contributed by atoms with E-state index in [9.17, 15) is 4.79 Å². The number of benzene rings is 1. The van der Waals surface area contributed by atoms with Crippen molar-refractivity contribution in [3.8, 4) is 0 Å². The third kappa shape index (κ3) is 4.29. The molecule has 4 aliphatic rings. The van der Waals surface area contributed by atoms with Gasteiger partial charge in [-0.15, -0.1) is 0 Å². The standard InChI is InChI=1S/C23H27Cl2N7O2/c1-14-15(2)31(5-3-4-30-6-8-34-9-7-30)23-17(14)12-26-13-32(23)29-28-21-20-18(25)10-16(24)11-19(20)27-22(21)33/h10-13,23,29H,3-9H2,1-2H3,(H,27,28,33). The molecule has 0 radical (unpaired) electrons. The van der Waals surface area contributed by atoms with Gasteiger partial charge in [0.1, 0.15) is 6.34 Å². The zero-order valence-electron chi connectivity index (χ0n) is 19.1. The van der Waals surface area contributed by atoms with Crippen LogP contribution in [0.2, 0.25) is 10.0 Å². The molecule has 4 heterocycles. The Morgan fingerprint density at radius 2 is 2.03 bits per heavy atom. The predicted octanol–water partition coefficient (Wildman–Crippen LogP) is 3.04. The minimum atomic E-state index is -0.337. The van der Waals surface area contributed by atoms with Gasteiger partial charge >= 0.3 is 0 Å². The first-order chi connectivity index (χ1) is 16.4. The number of nitrogens with zero attached hydrogens (tertiary/aromatic N) is 5. The van der Waals surface area contributed by atoms with Crippen LogP contribution in [-0.4, -0.2) is 78.3 Å². The van der Waals surface area contributed by atoms with Gasteiger partial charge in [0, 0.05) is 48.7 Å². The molecule has 5 rings (SSSR count). The molecule has 2 N–H and O–H groups in total.